The molecule has 0 radical (unpaired) electrons. The van der Waals surface area contributed by atoms with Crippen molar-refractivity contribution in [3.8, 4) is 6.07 Å². The summed E-state index contributed by atoms with van der Waals surface area (Å²) in [5, 5.41) is 15.5. The van der Waals surface area contributed by atoms with E-state index in [-0.39, 0.29) is 5.56 Å². The topological polar surface area (TPSA) is 91.0 Å². The molecule has 1 aromatic carbocycles. The summed E-state index contributed by atoms with van der Waals surface area (Å²) in [6.07, 6.45) is 4.23. The van der Waals surface area contributed by atoms with Gasteiger partial charge in [0.15, 0.2) is 0 Å². The number of nitrogens with zero attached hydrogens (tertiary/aromatic N) is 4. The van der Waals surface area contributed by atoms with E-state index >= 15 is 0 Å². The van der Waals surface area contributed by atoms with Crippen LogP contribution in [0.5, 0.6) is 0 Å². The van der Waals surface area contributed by atoms with E-state index in [0.717, 1.165) is 15.4 Å². The zero-order chi connectivity index (χ0) is 21.0. The highest BCUT2D eigenvalue weighted by Crippen LogP contribution is 2.31. The Kier molecular flexibility index (Phi) is 6.17. The van der Waals surface area contributed by atoms with Crippen LogP contribution in [0.1, 0.15) is 22.3 Å². The highest BCUT2D eigenvalue weighted by atomic mass is 32.2. The lowest BCUT2D eigenvalue weighted by Crippen LogP contribution is -2.42. The van der Waals surface area contributed by atoms with Gasteiger partial charge >= 0.3 is 0 Å². The molecule has 0 spiro atoms. The van der Waals surface area contributed by atoms with Crippen molar-refractivity contribution in [1.29, 1.82) is 5.26 Å². The van der Waals surface area contributed by atoms with Crippen molar-refractivity contribution in [2.75, 3.05) is 19.3 Å². The number of nitriles is 1. The zero-order valence-corrected chi connectivity index (χ0v) is 16.5. The third kappa shape index (κ3) is 5.12. The van der Waals surface area contributed by atoms with Gasteiger partial charge in [0, 0.05) is 17.5 Å². The molecule has 10 heteroatoms. The van der Waals surface area contributed by atoms with Gasteiger partial charge in [0.25, 0.3) is 11.8 Å². The Morgan fingerprint density at radius 1 is 1.38 bits per heavy atom. The van der Waals surface area contributed by atoms with Gasteiger partial charge in [0.1, 0.15) is 6.04 Å². The van der Waals surface area contributed by atoms with Crippen LogP contribution in [0.2, 0.25) is 0 Å². The van der Waals surface area contributed by atoms with Crippen LogP contribution in [-0.4, -0.2) is 57.8 Å². The van der Waals surface area contributed by atoms with Gasteiger partial charge in [-0.1, -0.05) is 12.1 Å². The summed E-state index contributed by atoms with van der Waals surface area (Å²) in [5.74, 6) is -4.35. The van der Waals surface area contributed by atoms with Crippen LogP contribution >= 0.6 is 11.8 Å². The second kappa shape index (κ2) is 8.61. The van der Waals surface area contributed by atoms with Gasteiger partial charge < -0.3 is 10.2 Å². The lowest BCUT2D eigenvalue weighted by atomic mass is 10.2. The van der Waals surface area contributed by atoms with Gasteiger partial charge in [-0.25, -0.2) is 8.78 Å². The van der Waals surface area contributed by atoms with Crippen molar-refractivity contribution in [1.82, 2.24) is 20.0 Å². The monoisotopic (exact) mass is 419 g/mol. The molecule has 0 unspecified atom stereocenters. The first-order chi connectivity index (χ1) is 13.8. The van der Waals surface area contributed by atoms with Crippen molar-refractivity contribution < 1.29 is 18.4 Å². The Morgan fingerprint density at radius 2 is 2.10 bits per heavy atom. The number of carbonyl (C=O) groups excluding carboxylic acids is 2. The molecular formula is C19H19F2N5O2S. The SMILES string of the molecule is CSc1ccc(Cn2cc(C(=O)NCC(=O)N3CC(F)(F)C[C@H]3C#N)cn2)cc1. The molecule has 1 aromatic heterocycles. The summed E-state index contributed by atoms with van der Waals surface area (Å²) in [6, 6.07) is 8.47. The molecule has 1 aliphatic heterocycles. The van der Waals surface area contributed by atoms with Gasteiger partial charge in [0.2, 0.25) is 5.91 Å². The number of thioether (sulfide) groups is 1. The minimum atomic E-state index is -3.09. The number of aromatic nitrogens is 2. The maximum atomic E-state index is 13.4. The molecule has 3 rings (SSSR count). The Labute approximate surface area is 170 Å². The standard InChI is InChI=1S/C19H19F2N5O2S/c1-29-16-4-2-13(3-5-16)10-25-11-14(8-24-25)18(28)23-9-17(27)26-12-19(20,21)6-15(26)7-22/h2-5,8,11,15H,6,9-10,12H2,1H3,(H,23,28)/t15-/m0/s1. The zero-order valence-electron chi connectivity index (χ0n) is 15.6. The quantitative estimate of drug-likeness (QED) is 0.725. The largest absolute Gasteiger partial charge is 0.343 e. The van der Waals surface area contributed by atoms with Crippen LogP contribution in [0.3, 0.4) is 0 Å². The van der Waals surface area contributed by atoms with E-state index in [1.54, 1.807) is 28.7 Å². The minimum Gasteiger partial charge on any atom is -0.343 e. The fourth-order valence-electron chi connectivity index (χ4n) is 3.04. The number of rotatable bonds is 6. The van der Waals surface area contributed by atoms with Gasteiger partial charge in [-0.15, -0.1) is 11.8 Å². The van der Waals surface area contributed by atoms with Crippen LogP contribution < -0.4 is 5.32 Å². The van der Waals surface area contributed by atoms with Gasteiger partial charge in [-0.3, -0.25) is 14.3 Å². The predicted octanol–water partition coefficient (Wildman–Crippen LogP) is 2.14. The molecule has 2 aromatic rings. The maximum Gasteiger partial charge on any atom is 0.268 e. The number of likely N-dealkylation sites (tertiary alicyclic amines) is 1. The van der Waals surface area contributed by atoms with E-state index in [0.29, 0.717) is 6.54 Å². The molecular weight excluding hydrogens is 400 g/mol. The number of halogens is 2. The highest BCUT2D eigenvalue weighted by Gasteiger charge is 2.47. The lowest BCUT2D eigenvalue weighted by Gasteiger charge is -2.19. The second-order valence-electron chi connectivity index (χ2n) is 6.68. The Morgan fingerprint density at radius 3 is 2.76 bits per heavy atom. The van der Waals surface area contributed by atoms with Gasteiger partial charge in [-0.2, -0.15) is 10.4 Å². The van der Waals surface area contributed by atoms with Crippen LogP contribution in [0.4, 0.5) is 8.78 Å². The van der Waals surface area contributed by atoms with Gasteiger partial charge in [-0.05, 0) is 24.0 Å². The van der Waals surface area contributed by atoms with Crippen LogP contribution in [0, 0.1) is 11.3 Å². The number of alkyl halides is 2. The summed E-state index contributed by atoms with van der Waals surface area (Å²) < 4.78 is 28.5. The van der Waals surface area contributed by atoms with E-state index in [1.807, 2.05) is 30.5 Å². The Bertz CT molecular complexity index is 939. The van der Waals surface area contributed by atoms with Crippen LogP contribution in [0.15, 0.2) is 41.6 Å². The summed E-state index contributed by atoms with van der Waals surface area (Å²) in [5.41, 5.74) is 1.27. The Balaban J connectivity index is 1.55. The van der Waals surface area contributed by atoms with Crippen LogP contribution in [-0.2, 0) is 11.3 Å². The molecule has 2 amide bonds. The molecule has 2 heterocycles. The van der Waals surface area contributed by atoms with E-state index in [9.17, 15) is 18.4 Å². The van der Waals surface area contributed by atoms with E-state index in [1.165, 1.54) is 6.20 Å². The predicted molar refractivity (Wildman–Crippen MR) is 103 cm³/mol. The average molecular weight is 419 g/mol. The summed E-state index contributed by atoms with van der Waals surface area (Å²) >= 11 is 1.64. The van der Waals surface area contributed by atoms with E-state index in [4.69, 9.17) is 5.26 Å². The molecule has 1 atom stereocenters. The number of benzene rings is 1. The fourth-order valence-corrected chi connectivity index (χ4v) is 3.45. The lowest BCUT2D eigenvalue weighted by molar-refractivity contribution is -0.131. The molecule has 29 heavy (non-hydrogen) atoms. The first-order valence-corrected chi connectivity index (χ1v) is 10.0. The highest BCUT2D eigenvalue weighted by molar-refractivity contribution is 7.98. The average Bonchev–Trinajstić information content (AvgIpc) is 3.30. The van der Waals surface area contributed by atoms with Crippen molar-refractivity contribution >= 4 is 23.6 Å². The minimum absolute atomic E-state index is 0.252. The number of nitrogens with one attached hydrogen (secondary N) is 1. The van der Waals surface area contributed by atoms with Crippen molar-refractivity contribution in [3.63, 3.8) is 0 Å². The van der Waals surface area contributed by atoms with Crippen molar-refractivity contribution in [2.45, 2.75) is 29.8 Å². The molecule has 1 fully saturated rings. The smallest absolute Gasteiger partial charge is 0.268 e. The molecule has 1 aliphatic rings. The summed E-state index contributed by atoms with van der Waals surface area (Å²) in [6.45, 7) is -0.796. The summed E-state index contributed by atoms with van der Waals surface area (Å²) in [7, 11) is 0. The first-order valence-electron chi connectivity index (χ1n) is 8.82. The number of amides is 2. The second-order valence-corrected chi connectivity index (χ2v) is 7.56. The van der Waals surface area contributed by atoms with Crippen molar-refractivity contribution in [3.05, 3.63) is 47.8 Å². The first kappa shape index (κ1) is 20.8. The molecule has 0 bridgehead atoms. The van der Waals surface area contributed by atoms with Gasteiger partial charge in [0.05, 0.1) is 37.5 Å². The molecule has 1 N–H and O–H groups in total. The number of hydrogen-bond acceptors (Lipinski definition) is 5. The normalized spacial score (nSPS) is 17.7. The fraction of sp³-hybridized carbons (Fsp3) is 0.368. The maximum absolute atomic E-state index is 13.4. The number of carbonyl (C=O) groups is 2. The molecule has 1 saturated heterocycles. The molecule has 0 aliphatic carbocycles. The van der Waals surface area contributed by atoms with Crippen LogP contribution in [0.25, 0.3) is 0 Å². The molecule has 0 saturated carbocycles. The van der Waals surface area contributed by atoms with Crippen molar-refractivity contribution in [2.24, 2.45) is 0 Å². The third-order valence-corrected chi connectivity index (χ3v) is 5.28. The third-order valence-electron chi connectivity index (χ3n) is 4.54. The molecule has 152 valence electrons. The van der Waals surface area contributed by atoms with E-state index < -0.39 is 43.3 Å². The Hall–Kier alpha value is -2.93. The van der Waals surface area contributed by atoms with E-state index in [2.05, 4.69) is 10.4 Å². The summed E-state index contributed by atoms with van der Waals surface area (Å²) in [4.78, 5) is 26.3. The molecule has 7 nitrogen and oxygen atoms in total. The number of hydrogen-bond donors (Lipinski definition) is 1.